The third-order valence-corrected chi connectivity index (χ3v) is 7.27. The van der Waals surface area contributed by atoms with E-state index in [9.17, 15) is 5.11 Å². The zero-order valence-electron chi connectivity index (χ0n) is 23.2. The zero-order chi connectivity index (χ0) is 27.3. The van der Waals surface area contributed by atoms with Crippen molar-refractivity contribution in [3.8, 4) is 39.5 Å². The Morgan fingerprint density at radius 1 is 0.800 bits per heavy atom. The minimum Gasteiger partial charge on any atom is -0.507 e. The third kappa shape index (κ3) is 5.09. The third-order valence-electron chi connectivity index (χ3n) is 7.27. The Bertz CT molecular complexity index is 1840. The maximum Gasteiger partial charge on any atom is 0.230 e. The molecule has 4 nitrogen and oxygen atoms in total. The van der Waals surface area contributed by atoms with Crippen molar-refractivity contribution < 1.29 is 30.6 Å². The number of aromatic nitrogens is 2. The van der Waals surface area contributed by atoms with Crippen LogP contribution in [0.15, 0.2) is 89.5 Å². The Kier molecular flexibility index (Phi) is 7.42. The van der Waals surface area contributed by atoms with Gasteiger partial charge in [0, 0.05) is 32.8 Å². The second-order valence-corrected chi connectivity index (χ2v) is 11.4. The molecule has 2 aromatic heterocycles. The summed E-state index contributed by atoms with van der Waals surface area (Å²) < 4.78 is 6.29. The van der Waals surface area contributed by atoms with Gasteiger partial charge in [-0.3, -0.25) is 4.98 Å². The molecule has 204 valence electrons. The Hall–Kier alpha value is -3.75. The summed E-state index contributed by atoms with van der Waals surface area (Å²) in [5.41, 5.74) is 9.17. The molecule has 6 aromatic rings. The molecule has 6 rings (SSSR count). The molecule has 40 heavy (non-hydrogen) atoms. The summed E-state index contributed by atoms with van der Waals surface area (Å²) in [7, 11) is 0. The Labute approximate surface area is 249 Å². The molecule has 2 heterocycles. The summed E-state index contributed by atoms with van der Waals surface area (Å²) in [6, 6.07) is 29.9. The molecule has 0 atom stereocenters. The largest absolute Gasteiger partial charge is 0.507 e. The van der Waals surface area contributed by atoms with E-state index in [1.165, 1.54) is 5.56 Å². The van der Waals surface area contributed by atoms with Crippen LogP contribution >= 0.6 is 0 Å². The number of aromatic hydroxyl groups is 1. The van der Waals surface area contributed by atoms with Crippen LogP contribution in [0.1, 0.15) is 51.7 Å². The van der Waals surface area contributed by atoms with Gasteiger partial charge in [-0.15, -0.1) is 34.9 Å². The molecule has 5 heteroatoms. The smallest absolute Gasteiger partial charge is 0.230 e. The molecule has 0 radical (unpaired) electrons. The van der Waals surface area contributed by atoms with Crippen molar-refractivity contribution >= 4 is 22.0 Å². The first kappa shape index (κ1) is 27.8. The van der Waals surface area contributed by atoms with E-state index >= 15 is 0 Å². The van der Waals surface area contributed by atoms with Crippen molar-refractivity contribution in [1.29, 1.82) is 0 Å². The molecule has 0 spiro atoms. The number of hydrogen-bond donors (Lipinski definition) is 1. The van der Waals surface area contributed by atoms with Crippen molar-refractivity contribution in [1.82, 2.24) is 9.97 Å². The Balaban J connectivity index is 0.00000323. The molecule has 0 saturated carbocycles. The van der Waals surface area contributed by atoms with E-state index < -0.39 is 0 Å². The van der Waals surface area contributed by atoms with Crippen LogP contribution in [0, 0.1) is 6.07 Å². The van der Waals surface area contributed by atoms with Crippen molar-refractivity contribution in [3.63, 3.8) is 0 Å². The van der Waals surface area contributed by atoms with E-state index in [1.807, 2.05) is 24.4 Å². The normalized spacial score (nSPS) is 11.8. The molecule has 1 N–H and O–H groups in total. The van der Waals surface area contributed by atoms with Crippen molar-refractivity contribution in [2.24, 2.45) is 0 Å². The van der Waals surface area contributed by atoms with E-state index in [-0.39, 0.29) is 32.2 Å². The first-order valence-electron chi connectivity index (χ1n) is 13.3. The van der Waals surface area contributed by atoms with Crippen LogP contribution in [0.25, 0.3) is 55.7 Å². The van der Waals surface area contributed by atoms with Gasteiger partial charge in [-0.1, -0.05) is 88.2 Å². The van der Waals surface area contributed by atoms with Gasteiger partial charge in [0.25, 0.3) is 0 Å². The van der Waals surface area contributed by atoms with Crippen LogP contribution in [-0.4, -0.2) is 15.1 Å². The molecule has 0 aliphatic carbocycles. The van der Waals surface area contributed by atoms with Crippen molar-refractivity contribution in [2.75, 3.05) is 0 Å². The molecular formula is C35H31N2O2Pt-. The minimum absolute atomic E-state index is 0. The average molecular weight is 707 g/mol. The first-order chi connectivity index (χ1) is 18.7. The summed E-state index contributed by atoms with van der Waals surface area (Å²) >= 11 is 0. The fourth-order valence-corrected chi connectivity index (χ4v) is 4.97. The van der Waals surface area contributed by atoms with Gasteiger partial charge in [-0.25, -0.2) is 4.98 Å². The Morgan fingerprint density at radius 2 is 1.50 bits per heavy atom. The molecule has 0 amide bonds. The summed E-state index contributed by atoms with van der Waals surface area (Å²) in [6.45, 7) is 11.0. The predicted octanol–water partition coefficient (Wildman–Crippen LogP) is 9.30. The molecular weight excluding hydrogens is 675 g/mol. The standard InChI is InChI=1S/C35H31N2O2.Pt/c1-21(2)23-16-24(27-13-8-10-22-11-9-15-36-32(22)27)18-25(17-23)29-19-26(35(3,4)5)20-31-33(29)37-34(39-31)28-12-6-7-14-30(28)38;/h6-17,19-21,38H,1-5H3;/q-1;. The number of para-hydroxylation sites is 2. The summed E-state index contributed by atoms with van der Waals surface area (Å²) in [5.74, 6) is 0.852. The van der Waals surface area contributed by atoms with Gasteiger partial charge >= 0.3 is 0 Å². The molecule has 4 aromatic carbocycles. The summed E-state index contributed by atoms with van der Waals surface area (Å²) in [5, 5.41) is 11.6. The van der Waals surface area contributed by atoms with E-state index in [0.717, 1.165) is 44.2 Å². The van der Waals surface area contributed by atoms with Crippen LogP contribution in [0.5, 0.6) is 5.75 Å². The van der Waals surface area contributed by atoms with E-state index in [2.05, 4.69) is 89.2 Å². The number of fused-ring (bicyclic) bond motifs is 2. The fourth-order valence-electron chi connectivity index (χ4n) is 4.97. The Morgan fingerprint density at radius 3 is 2.23 bits per heavy atom. The molecule has 0 fully saturated rings. The predicted molar refractivity (Wildman–Crippen MR) is 159 cm³/mol. The zero-order valence-corrected chi connectivity index (χ0v) is 25.5. The molecule has 0 unspecified atom stereocenters. The van der Waals surface area contributed by atoms with E-state index in [1.54, 1.807) is 12.1 Å². The van der Waals surface area contributed by atoms with Crippen LogP contribution in [0.4, 0.5) is 0 Å². The van der Waals surface area contributed by atoms with Gasteiger partial charge in [0.1, 0.15) is 11.3 Å². The van der Waals surface area contributed by atoms with Gasteiger partial charge in [0.2, 0.25) is 5.89 Å². The maximum atomic E-state index is 10.5. The topological polar surface area (TPSA) is 59.2 Å². The number of hydrogen-bond acceptors (Lipinski definition) is 4. The van der Waals surface area contributed by atoms with Crippen LogP contribution in [0.2, 0.25) is 0 Å². The number of pyridine rings is 1. The van der Waals surface area contributed by atoms with Crippen LogP contribution < -0.4 is 0 Å². The van der Waals surface area contributed by atoms with Crippen LogP contribution in [0.3, 0.4) is 0 Å². The quantitative estimate of drug-likeness (QED) is 0.186. The number of oxazole rings is 1. The molecule has 0 aliphatic rings. The van der Waals surface area contributed by atoms with Gasteiger partial charge in [-0.2, -0.15) is 0 Å². The maximum absolute atomic E-state index is 10.5. The van der Waals surface area contributed by atoms with Gasteiger partial charge in [0.15, 0.2) is 0 Å². The monoisotopic (exact) mass is 706 g/mol. The number of nitrogens with zero attached hydrogens (tertiary/aromatic N) is 2. The number of phenols is 1. The van der Waals surface area contributed by atoms with Crippen molar-refractivity contribution in [3.05, 3.63) is 102 Å². The first-order valence-corrected chi connectivity index (χ1v) is 13.3. The number of benzene rings is 4. The van der Waals surface area contributed by atoms with E-state index in [4.69, 9.17) is 14.4 Å². The minimum atomic E-state index is -0.108. The van der Waals surface area contributed by atoms with Crippen LogP contribution in [-0.2, 0) is 26.5 Å². The van der Waals surface area contributed by atoms with E-state index in [0.29, 0.717) is 23.0 Å². The fraction of sp³-hybridized carbons (Fsp3) is 0.200. The second kappa shape index (κ2) is 10.7. The van der Waals surface area contributed by atoms with Gasteiger partial charge in [-0.05, 0) is 46.5 Å². The summed E-state index contributed by atoms with van der Waals surface area (Å²) in [6.07, 6.45) is 1.84. The average Bonchev–Trinajstić information content (AvgIpc) is 3.36. The summed E-state index contributed by atoms with van der Waals surface area (Å²) in [4.78, 5) is 9.62. The van der Waals surface area contributed by atoms with Crippen molar-refractivity contribution in [2.45, 2.75) is 46.0 Å². The van der Waals surface area contributed by atoms with Gasteiger partial charge in [0.05, 0.1) is 11.1 Å². The molecule has 0 bridgehead atoms. The van der Waals surface area contributed by atoms with Gasteiger partial charge < -0.3 is 9.52 Å². The molecule has 0 aliphatic heterocycles. The SMILES string of the molecule is CC(C)c1cc(-c2cccc3cccnc23)[c-]c(-c2cc(C(C)(C)C)cc3oc(-c4ccccc4O)nc23)c1.[Pt]. The second-order valence-electron chi connectivity index (χ2n) is 11.4. The number of rotatable bonds is 4. The molecule has 0 saturated heterocycles. The number of phenolic OH excluding ortho intramolecular Hbond substituents is 1.